The summed E-state index contributed by atoms with van der Waals surface area (Å²) in [6.07, 6.45) is 1.94. The summed E-state index contributed by atoms with van der Waals surface area (Å²) in [6.45, 7) is 5.88. The quantitative estimate of drug-likeness (QED) is 0.535. The second-order valence-electron chi connectivity index (χ2n) is 2.31. The first-order valence-corrected chi connectivity index (χ1v) is 4.27. The van der Waals surface area contributed by atoms with Crippen LogP contribution in [-0.4, -0.2) is 33.0 Å². The minimum Gasteiger partial charge on any atom is -0.382 e. The van der Waals surface area contributed by atoms with Crippen LogP contribution in [0, 0.1) is 0 Å². The first-order valence-electron chi connectivity index (χ1n) is 4.27. The van der Waals surface area contributed by atoms with Crippen LogP contribution in [0.15, 0.2) is 0 Å². The van der Waals surface area contributed by atoms with E-state index in [1.54, 1.807) is 0 Å². The Labute approximate surface area is 68.9 Å². The standard InChI is InChI=1S/C8H19NO2/c1-2-10-7-4-8-11-6-3-5-9/h2-9H2,1H3. The normalized spacial score (nSPS) is 10.4. The Hall–Kier alpha value is -0.120. The van der Waals surface area contributed by atoms with Gasteiger partial charge in [-0.3, -0.25) is 0 Å². The third-order valence-electron chi connectivity index (χ3n) is 1.27. The second-order valence-corrected chi connectivity index (χ2v) is 2.31. The maximum atomic E-state index is 5.29. The molecule has 11 heavy (non-hydrogen) atoms. The Morgan fingerprint density at radius 2 is 1.64 bits per heavy atom. The Morgan fingerprint density at radius 3 is 2.27 bits per heavy atom. The van der Waals surface area contributed by atoms with Gasteiger partial charge in [-0.05, 0) is 26.3 Å². The van der Waals surface area contributed by atoms with Crippen molar-refractivity contribution in [3.8, 4) is 0 Å². The minimum atomic E-state index is 0.714. The van der Waals surface area contributed by atoms with Crippen LogP contribution in [0.3, 0.4) is 0 Å². The van der Waals surface area contributed by atoms with E-state index in [9.17, 15) is 0 Å². The van der Waals surface area contributed by atoms with Gasteiger partial charge in [0.25, 0.3) is 0 Å². The lowest BCUT2D eigenvalue weighted by atomic mass is 10.4. The number of ether oxygens (including phenoxy) is 2. The van der Waals surface area contributed by atoms with Crippen molar-refractivity contribution in [1.29, 1.82) is 0 Å². The fraction of sp³-hybridized carbons (Fsp3) is 1.00. The summed E-state index contributed by atoms with van der Waals surface area (Å²) in [5, 5.41) is 0. The molecule has 0 saturated heterocycles. The summed E-state index contributed by atoms with van der Waals surface area (Å²) in [5.41, 5.74) is 5.29. The molecule has 0 aromatic carbocycles. The fourth-order valence-electron chi connectivity index (χ4n) is 0.695. The minimum absolute atomic E-state index is 0.714. The van der Waals surface area contributed by atoms with E-state index in [1.807, 2.05) is 6.92 Å². The molecule has 0 heterocycles. The zero-order chi connectivity index (χ0) is 8.36. The second kappa shape index (κ2) is 9.88. The average Bonchev–Trinajstić information content (AvgIpc) is 2.03. The van der Waals surface area contributed by atoms with Gasteiger partial charge in [-0.1, -0.05) is 0 Å². The summed E-state index contributed by atoms with van der Waals surface area (Å²) in [6, 6.07) is 0. The Kier molecular flexibility index (Phi) is 9.77. The van der Waals surface area contributed by atoms with Crippen molar-refractivity contribution >= 4 is 0 Å². The molecule has 0 rings (SSSR count). The molecule has 0 unspecified atom stereocenters. The molecule has 0 aliphatic carbocycles. The summed E-state index contributed by atoms with van der Waals surface area (Å²) >= 11 is 0. The lowest BCUT2D eigenvalue weighted by Gasteiger charge is -2.02. The van der Waals surface area contributed by atoms with Gasteiger partial charge in [0.15, 0.2) is 0 Å². The van der Waals surface area contributed by atoms with E-state index in [4.69, 9.17) is 15.2 Å². The molecule has 68 valence electrons. The monoisotopic (exact) mass is 161 g/mol. The van der Waals surface area contributed by atoms with E-state index in [0.29, 0.717) is 6.54 Å². The smallest absolute Gasteiger partial charge is 0.0487 e. The van der Waals surface area contributed by atoms with Crippen LogP contribution in [0.1, 0.15) is 19.8 Å². The Balaban J connectivity index is 2.69. The highest BCUT2D eigenvalue weighted by atomic mass is 16.5. The third-order valence-corrected chi connectivity index (χ3v) is 1.27. The van der Waals surface area contributed by atoms with Crippen LogP contribution in [0.4, 0.5) is 0 Å². The van der Waals surface area contributed by atoms with Crippen molar-refractivity contribution in [3.05, 3.63) is 0 Å². The van der Waals surface area contributed by atoms with Crippen LogP contribution in [0.25, 0.3) is 0 Å². The van der Waals surface area contributed by atoms with Crippen molar-refractivity contribution in [1.82, 2.24) is 0 Å². The SMILES string of the molecule is CCOCCCOCCCN. The van der Waals surface area contributed by atoms with Gasteiger partial charge in [-0.15, -0.1) is 0 Å². The molecule has 0 aliphatic rings. The summed E-state index contributed by atoms with van der Waals surface area (Å²) < 4.78 is 10.4. The van der Waals surface area contributed by atoms with E-state index in [0.717, 1.165) is 39.3 Å². The van der Waals surface area contributed by atoms with E-state index in [2.05, 4.69) is 0 Å². The van der Waals surface area contributed by atoms with Gasteiger partial charge in [-0.25, -0.2) is 0 Å². The molecular formula is C8H19NO2. The van der Waals surface area contributed by atoms with Gasteiger partial charge in [0, 0.05) is 26.4 Å². The van der Waals surface area contributed by atoms with Crippen molar-refractivity contribution in [2.24, 2.45) is 5.73 Å². The Morgan fingerprint density at radius 1 is 1.00 bits per heavy atom. The maximum absolute atomic E-state index is 5.29. The van der Waals surface area contributed by atoms with Gasteiger partial charge < -0.3 is 15.2 Å². The van der Waals surface area contributed by atoms with Crippen LogP contribution in [-0.2, 0) is 9.47 Å². The van der Waals surface area contributed by atoms with Gasteiger partial charge in [0.05, 0.1) is 0 Å². The number of hydrogen-bond donors (Lipinski definition) is 1. The molecule has 3 nitrogen and oxygen atoms in total. The fourth-order valence-corrected chi connectivity index (χ4v) is 0.695. The summed E-state index contributed by atoms with van der Waals surface area (Å²) in [5.74, 6) is 0. The van der Waals surface area contributed by atoms with Crippen LogP contribution >= 0.6 is 0 Å². The van der Waals surface area contributed by atoms with Gasteiger partial charge >= 0.3 is 0 Å². The molecule has 3 heteroatoms. The van der Waals surface area contributed by atoms with Crippen molar-refractivity contribution in [3.63, 3.8) is 0 Å². The van der Waals surface area contributed by atoms with Crippen molar-refractivity contribution in [2.45, 2.75) is 19.8 Å². The van der Waals surface area contributed by atoms with Crippen LogP contribution < -0.4 is 5.73 Å². The van der Waals surface area contributed by atoms with Crippen molar-refractivity contribution in [2.75, 3.05) is 33.0 Å². The highest BCUT2D eigenvalue weighted by Crippen LogP contribution is 1.86. The molecule has 0 radical (unpaired) electrons. The average molecular weight is 161 g/mol. The van der Waals surface area contributed by atoms with Crippen molar-refractivity contribution < 1.29 is 9.47 Å². The predicted molar refractivity (Wildman–Crippen MR) is 45.6 cm³/mol. The molecule has 0 aromatic heterocycles. The van der Waals surface area contributed by atoms with E-state index in [1.165, 1.54) is 0 Å². The van der Waals surface area contributed by atoms with Crippen LogP contribution in [0.2, 0.25) is 0 Å². The van der Waals surface area contributed by atoms with Gasteiger partial charge in [0.2, 0.25) is 0 Å². The molecule has 0 atom stereocenters. The molecule has 0 fully saturated rings. The Bertz CT molecular complexity index is 61.1. The van der Waals surface area contributed by atoms with E-state index in [-0.39, 0.29) is 0 Å². The first-order chi connectivity index (χ1) is 5.41. The molecular weight excluding hydrogens is 142 g/mol. The maximum Gasteiger partial charge on any atom is 0.0487 e. The first kappa shape index (κ1) is 10.9. The number of nitrogens with two attached hydrogens (primary N) is 1. The van der Waals surface area contributed by atoms with E-state index < -0.39 is 0 Å². The molecule has 2 N–H and O–H groups in total. The summed E-state index contributed by atoms with van der Waals surface area (Å²) in [4.78, 5) is 0. The molecule has 0 aromatic rings. The lowest BCUT2D eigenvalue weighted by Crippen LogP contribution is -2.06. The molecule has 0 bridgehead atoms. The highest BCUT2D eigenvalue weighted by molar-refractivity contribution is 4.37. The lowest BCUT2D eigenvalue weighted by molar-refractivity contribution is 0.0876. The number of rotatable bonds is 8. The van der Waals surface area contributed by atoms with E-state index >= 15 is 0 Å². The molecule has 0 aliphatic heterocycles. The third kappa shape index (κ3) is 9.88. The van der Waals surface area contributed by atoms with Gasteiger partial charge in [0.1, 0.15) is 0 Å². The van der Waals surface area contributed by atoms with Gasteiger partial charge in [-0.2, -0.15) is 0 Å². The number of hydrogen-bond acceptors (Lipinski definition) is 3. The zero-order valence-electron chi connectivity index (χ0n) is 7.34. The summed E-state index contributed by atoms with van der Waals surface area (Å²) in [7, 11) is 0. The molecule has 0 spiro atoms. The molecule has 0 amide bonds. The predicted octanol–water partition coefficient (Wildman–Crippen LogP) is 0.778. The highest BCUT2D eigenvalue weighted by Gasteiger charge is 1.87. The largest absolute Gasteiger partial charge is 0.382 e. The zero-order valence-corrected chi connectivity index (χ0v) is 7.34. The molecule has 0 saturated carbocycles. The topological polar surface area (TPSA) is 44.5 Å². The van der Waals surface area contributed by atoms with Crippen LogP contribution in [0.5, 0.6) is 0 Å².